The van der Waals surface area contributed by atoms with Crippen LogP contribution in [-0.4, -0.2) is 42.1 Å². The van der Waals surface area contributed by atoms with Gasteiger partial charge in [-0.25, -0.2) is 0 Å². The molecule has 4 heteroatoms. The third-order valence-corrected chi connectivity index (χ3v) is 4.38. The summed E-state index contributed by atoms with van der Waals surface area (Å²) in [5.74, 6) is 0.526. The molecule has 1 atom stereocenters. The van der Waals surface area contributed by atoms with E-state index in [0.717, 1.165) is 25.1 Å². The smallest absolute Gasteiger partial charge is 0.222 e. The van der Waals surface area contributed by atoms with E-state index in [1.807, 2.05) is 47.5 Å². The first-order chi connectivity index (χ1) is 11.8. The maximum atomic E-state index is 12.6. The van der Waals surface area contributed by atoms with Gasteiger partial charge < -0.3 is 9.64 Å². The molecule has 1 unspecified atom stereocenters. The highest BCUT2D eigenvalue weighted by Crippen LogP contribution is 2.14. The number of carbonyl (C=O) groups is 1. The maximum Gasteiger partial charge on any atom is 0.222 e. The monoisotopic (exact) mass is 324 g/mol. The van der Waals surface area contributed by atoms with Crippen LogP contribution in [0.15, 0.2) is 54.7 Å². The van der Waals surface area contributed by atoms with Crippen LogP contribution < -0.4 is 0 Å². The summed E-state index contributed by atoms with van der Waals surface area (Å²) in [6.45, 7) is 2.76. The first-order valence-electron chi connectivity index (χ1n) is 8.60. The van der Waals surface area contributed by atoms with Crippen LogP contribution in [0.5, 0.6) is 0 Å². The maximum absolute atomic E-state index is 12.6. The van der Waals surface area contributed by atoms with Gasteiger partial charge in [-0.3, -0.25) is 9.78 Å². The number of carbonyl (C=O) groups excluding carboxylic acids is 1. The van der Waals surface area contributed by atoms with Crippen LogP contribution in [0.2, 0.25) is 0 Å². The average Bonchev–Trinajstić information content (AvgIpc) is 2.87. The van der Waals surface area contributed by atoms with Crippen molar-refractivity contribution in [2.75, 3.05) is 26.3 Å². The SMILES string of the molecule is O=C(CCc1ccccc1)N1CCOCC(Cc2ccccn2)C1. The summed E-state index contributed by atoms with van der Waals surface area (Å²) in [7, 11) is 0. The van der Waals surface area contributed by atoms with Crippen LogP contribution in [0.25, 0.3) is 0 Å². The van der Waals surface area contributed by atoms with Crippen molar-refractivity contribution in [3.05, 3.63) is 66.0 Å². The fourth-order valence-corrected chi connectivity index (χ4v) is 3.10. The molecule has 1 aromatic carbocycles. The zero-order valence-electron chi connectivity index (χ0n) is 13.9. The molecule has 1 fully saturated rings. The van der Waals surface area contributed by atoms with E-state index in [9.17, 15) is 4.79 Å². The largest absolute Gasteiger partial charge is 0.379 e. The molecule has 1 amide bonds. The topological polar surface area (TPSA) is 42.4 Å². The van der Waals surface area contributed by atoms with Crippen LogP contribution >= 0.6 is 0 Å². The molecule has 4 nitrogen and oxygen atoms in total. The van der Waals surface area contributed by atoms with E-state index >= 15 is 0 Å². The van der Waals surface area contributed by atoms with Crippen LogP contribution in [0.4, 0.5) is 0 Å². The number of rotatable bonds is 5. The Labute approximate surface area is 143 Å². The van der Waals surface area contributed by atoms with E-state index in [0.29, 0.717) is 32.1 Å². The lowest BCUT2D eigenvalue weighted by Crippen LogP contribution is -2.36. The van der Waals surface area contributed by atoms with Gasteiger partial charge in [-0.05, 0) is 30.5 Å². The lowest BCUT2D eigenvalue weighted by molar-refractivity contribution is -0.131. The minimum Gasteiger partial charge on any atom is -0.379 e. The minimum absolute atomic E-state index is 0.218. The standard InChI is InChI=1S/C20H24N2O2/c23-20(10-9-17-6-2-1-3-7-17)22-12-13-24-16-18(15-22)14-19-8-4-5-11-21-19/h1-8,11,18H,9-10,12-16H2. The van der Waals surface area contributed by atoms with E-state index in [4.69, 9.17) is 4.74 Å². The van der Waals surface area contributed by atoms with Crippen molar-refractivity contribution in [3.8, 4) is 0 Å². The molecule has 2 heterocycles. The highest BCUT2D eigenvalue weighted by atomic mass is 16.5. The van der Waals surface area contributed by atoms with Crippen LogP contribution in [0.3, 0.4) is 0 Å². The second-order valence-corrected chi connectivity index (χ2v) is 6.29. The van der Waals surface area contributed by atoms with Gasteiger partial charge in [-0.1, -0.05) is 36.4 Å². The fraction of sp³-hybridized carbons (Fsp3) is 0.400. The molecule has 2 aromatic rings. The third kappa shape index (κ3) is 4.90. The van der Waals surface area contributed by atoms with Gasteiger partial charge in [-0.15, -0.1) is 0 Å². The average molecular weight is 324 g/mol. The number of benzene rings is 1. The van der Waals surface area contributed by atoms with E-state index in [1.165, 1.54) is 5.56 Å². The van der Waals surface area contributed by atoms with E-state index in [2.05, 4.69) is 17.1 Å². The van der Waals surface area contributed by atoms with E-state index < -0.39 is 0 Å². The molecule has 0 spiro atoms. The zero-order chi connectivity index (χ0) is 16.6. The van der Waals surface area contributed by atoms with Crippen molar-refractivity contribution in [3.63, 3.8) is 0 Å². The first-order valence-corrected chi connectivity index (χ1v) is 8.60. The molecular formula is C20H24N2O2. The molecule has 1 aliphatic rings. The zero-order valence-corrected chi connectivity index (χ0v) is 13.9. The highest BCUT2D eigenvalue weighted by Gasteiger charge is 2.22. The van der Waals surface area contributed by atoms with Gasteiger partial charge in [0.2, 0.25) is 5.91 Å². The van der Waals surface area contributed by atoms with Crippen molar-refractivity contribution in [1.82, 2.24) is 9.88 Å². The number of pyridine rings is 1. The Morgan fingerprint density at radius 2 is 2.00 bits per heavy atom. The molecule has 0 saturated carbocycles. The van der Waals surface area contributed by atoms with Crippen molar-refractivity contribution >= 4 is 5.91 Å². The lowest BCUT2D eigenvalue weighted by atomic mass is 10.0. The molecule has 24 heavy (non-hydrogen) atoms. The number of nitrogens with zero attached hydrogens (tertiary/aromatic N) is 2. The summed E-state index contributed by atoms with van der Waals surface area (Å²) in [6, 6.07) is 16.1. The normalized spacial score (nSPS) is 18.2. The van der Waals surface area contributed by atoms with Crippen molar-refractivity contribution in [2.24, 2.45) is 5.92 Å². The van der Waals surface area contributed by atoms with Crippen molar-refractivity contribution in [1.29, 1.82) is 0 Å². The van der Waals surface area contributed by atoms with Crippen molar-refractivity contribution in [2.45, 2.75) is 19.3 Å². The molecule has 1 aromatic heterocycles. The van der Waals surface area contributed by atoms with E-state index in [-0.39, 0.29) is 5.91 Å². The van der Waals surface area contributed by atoms with Crippen LogP contribution in [-0.2, 0) is 22.4 Å². The summed E-state index contributed by atoms with van der Waals surface area (Å²) >= 11 is 0. The molecular weight excluding hydrogens is 300 g/mol. The molecule has 0 bridgehead atoms. The van der Waals surface area contributed by atoms with E-state index in [1.54, 1.807) is 0 Å². The van der Waals surface area contributed by atoms with Gasteiger partial charge in [0.15, 0.2) is 0 Å². The number of amides is 1. The lowest BCUT2D eigenvalue weighted by Gasteiger charge is -2.23. The Balaban J connectivity index is 1.54. The Kier molecular flexibility index (Phi) is 5.96. The Bertz CT molecular complexity index is 631. The predicted octanol–water partition coefficient (Wildman–Crippen LogP) is 2.73. The quantitative estimate of drug-likeness (QED) is 0.849. The summed E-state index contributed by atoms with van der Waals surface area (Å²) in [5, 5.41) is 0. The van der Waals surface area contributed by atoms with Crippen LogP contribution in [0, 0.1) is 5.92 Å². The minimum atomic E-state index is 0.218. The van der Waals surface area contributed by atoms with Gasteiger partial charge in [0.1, 0.15) is 0 Å². The molecule has 0 radical (unpaired) electrons. The molecule has 0 N–H and O–H groups in total. The van der Waals surface area contributed by atoms with Gasteiger partial charge in [0.25, 0.3) is 0 Å². The second-order valence-electron chi connectivity index (χ2n) is 6.29. The number of ether oxygens (including phenoxy) is 1. The van der Waals surface area contributed by atoms with Crippen molar-refractivity contribution < 1.29 is 9.53 Å². The van der Waals surface area contributed by atoms with Gasteiger partial charge in [0.05, 0.1) is 13.2 Å². The third-order valence-electron chi connectivity index (χ3n) is 4.38. The first kappa shape index (κ1) is 16.7. The number of aryl methyl sites for hydroxylation is 1. The van der Waals surface area contributed by atoms with Gasteiger partial charge >= 0.3 is 0 Å². The van der Waals surface area contributed by atoms with Gasteiger partial charge in [0, 0.05) is 37.3 Å². The summed E-state index contributed by atoms with van der Waals surface area (Å²) < 4.78 is 5.70. The Morgan fingerprint density at radius 1 is 1.17 bits per heavy atom. The summed E-state index contributed by atoms with van der Waals surface area (Å²) in [6.07, 6.45) is 4.02. The molecule has 126 valence electrons. The highest BCUT2D eigenvalue weighted by molar-refractivity contribution is 5.76. The fourth-order valence-electron chi connectivity index (χ4n) is 3.10. The Hall–Kier alpha value is -2.20. The molecule has 0 aliphatic carbocycles. The number of hydrogen-bond donors (Lipinski definition) is 0. The Morgan fingerprint density at radius 3 is 2.79 bits per heavy atom. The number of aromatic nitrogens is 1. The second kappa shape index (κ2) is 8.60. The predicted molar refractivity (Wildman–Crippen MR) is 93.6 cm³/mol. The molecule has 3 rings (SSSR count). The summed E-state index contributed by atoms with van der Waals surface area (Å²) in [4.78, 5) is 18.9. The molecule has 1 aliphatic heterocycles. The van der Waals surface area contributed by atoms with Crippen LogP contribution in [0.1, 0.15) is 17.7 Å². The molecule has 1 saturated heterocycles. The summed E-state index contributed by atoms with van der Waals surface area (Å²) in [5.41, 5.74) is 2.27. The number of hydrogen-bond acceptors (Lipinski definition) is 3. The van der Waals surface area contributed by atoms with Gasteiger partial charge in [-0.2, -0.15) is 0 Å².